The van der Waals surface area contributed by atoms with Crippen LogP contribution >= 0.6 is 0 Å². The molecule has 2 fully saturated rings. The van der Waals surface area contributed by atoms with Crippen LogP contribution in [0.2, 0.25) is 0 Å². The summed E-state index contributed by atoms with van der Waals surface area (Å²) in [6.07, 6.45) is 10.1. The van der Waals surface area contributed by atoms with Gasteiger partial charge in [-0.05, 0) is 62.3 Å². The molecule has 2 aromatic carbocycles. The zero-order valence-electron chi connectivity index (χ0n) is 20.5. The van der Waals surface area contributed by atoms with Crippen LogP contribution in [0.1, 0.15) is 56.9 Å². The highest BCUT2D eigenvalue weighted by Gasteiger charge is 2.36. The van der Waals surface area contributed by atoms with Crippen LogP contribution in [0.25, 0.3) is 0 Å². The number of ether oxygens (including phenoxy) is 2. The Balaban J connectivity index is 1.24. The van der Waals surface area contributed by atoms with E-state index in [-0.39, 0.29) is 18.1 Å². The SMILES string of the molecule is COc1ccccc1OC1CCN(CC2CCc3ccccc3N2C(=O)C2CCCCC2)CC1. The van der Waals surface area contributed by atoms with Crippen molar-refractivity contribution in [2.45, 2.75) is 69.9 Å². The summed E-state index contributed by atoms with van der Waals surface area (Å²) in [6.45, 7) is 2.96. The topological polar surface area (TPSA) is 42.0 Å². The number of nitrogens with zero attached hydrogens (tertiary/aromatic N) is 2. The van der Waals surface area contributed by atoms with E-state index in [1.165, 1.54) is 24.8 Å². The van der Waals surface area contributed by atoms with Gasteiger partial charge in [0, 0.05) is 37.3 Å². The Morgan fingerprint density at radius 1 is 0.882 bits per heavy atom. The van der Waals surface area contributed by atoms with Gasteiger partial charge in [-0.25, -0.2) is 0 Å². The van der Waals surface area contributed by atoms with Crippen LogP contribution in [0.15, 0.2) is 48.5 Å². The zero-order chi connectivity index (χ0) is 23.3. The molecule has 1 unspecified atom stereocenters. The van der Waals surface area contributed by atoms with Gasteiger partial charge in [-0.3, -0.25) is 4.79 Å². The summed E-state index contributed by atoms with van der Waals surface area (Å²) >= 11 is 0. The van der Waals surface area contributed by atoms with Crippen molar-refractivity contribution in [2.24, 2.45) is 5.92 Å². The first-order chi connectivity index (χ1) is 16.7. The van der Waals surface area contributed by atoms with Crippen LogP contribution < -0.4 is 14.4 Å². The van der Waals surface area contributed by atoms with E-state index in [1.807, 2.05) is 24.3 Å². The number of methoxy groups -OCH3 is 1. The number of para-hydroxylation sites is 3. The monoisotopic (exact) mass is 462 g/mol. The molecule has 0 radical (unpaired) electrons. The van der Waals surface area contributed by atoms with Gasteiger partial charge in [0.1, 0.15) is 6.10 Å². The van der Waals surface area contributed by atoms with Gasteiger partial charge in [0.05, 0.1) is 7.11 Å². The third-order valence-corrected chi connectivity index (χ3v) is 7.92. The van der Waals surface area contributed by atoms with E-state index in [9.17, 15) is 4.79 Å². The Labute approximate surface area is 204 Å². The number of likely N-dealkylation sites (tertiary alicyclic amines) is 1. The van der Waals surface area contributed by atoms with Crippen molar-refractivity contribution < 1.29 is 14.3 Å². The van der Waals surface area contributed by atoms with Crippen molar-refractivity contribution in [3.8, 4) is 11.5 Å². The van der Waals surface area contributed by atoms with E-state index in [0.29, 0.717) is 5.91 Å². The predicted molar refractivity (Wildman–Crippen MR) is 136 cm³/mol. The van der Waals surface area contributed by atoms with E-state index in [0.717, 1.165) is 75.3 Å². The summed E-state index contributed by atoms with van der Waals surface area (Å²) in [4.78, 5) is 18.5. The van der Waals surface area contributed by atoms with Crippen molar-refractivity contribution in [3.05, 3.63) is 54.1 Å². The first-order valence-electron chi connectivity index (χ1n) is 13.2. The van der Waals surface area contributed by atoms with Gasteiger partial charge in [-0.1, -0.05) is 49.6 Å². The summed E-state index contributed by atoms with van der Waals surface area (Å²) in [5.41, 5.74) is 2.48. The fraction of sp³-hybridized carbons (Fsp3) is 0.552. The summed E-state index contributed by atoms with van der Waals surface area (Å²) in [5, 5.41) is 0. The maximum atomic E-state index is 13.8. The lowest BCUT2D eigenvalue weighted by atomic mass is 9.86. The number of rotatable bonds is 6. The molecule has 2 aromatic rings. The number of anilines is 1. The minimum atomic E-state index is 0.197. The zero-order valence-corrected chi connectivity index (χ0v) is 20.5. The summed E-state index contributed by atoms with van der Waals surface area (Å²) in [6, 6.07) is 16.7. The lowest BCUT2D eigenvalue weighted by molar-refractivity contribution is -0.124. The second-order valence-electron chi connectivity index (χ2n) is 10.1. The Morgan fingerprint density at radius 2 is 1.59 bits per heavy atom. The number of piperidine rings is 1. The number of hydrogen-bond acceptors (Lipinski definition) is 4. The van der Waals surface area contributed by atoms with Gasteiger partial charge in [0.25, 0.3) is 0 Å². The molecule has 1 saturated heterocycles. The fourth-order valence-electron chi connectivity index (χ4n) is 6.03. The lowest BCUT2D eigenvalue weighted by Gasteiger charge is -2.43. The Kier molecular flexibility index (Phi) is 7.39. The number of benzene rings is 2. The van der Waals surface area contributed by atoms with E-state index in [2.05, 4.69) is 34.1 Å². The molecule has 2 heterocycles. The quantitative estimate of drug-likeness (QED) is 0.571. The molecule has 1 aliphatic carbocycles. The van der Waals surface area contributed by atoms with E-state index in [1.54, 1.807) is 7.11 Å². The largest absolute Gasteiger partial charge is 0.493 e. The van der Waals surface area contributed by atoms with Crippen molar-refractivity contribution in [1.29, 1.82) is 0 Å². The number of fused-ring (bicyclic) bond motifs is 1. The third kappa shape index (κ3) is 5.10. The Hall–Kier alpha value is -2.53. The minimum absolute atomic E-state index is 0.197. The predicted octanol–water partition coefficient (Wildman–Crippen LogP) is 5.47. The molecule has 2 aliphatic heterocycles. The number of hydrogen-bond donors (Lipinski definition) is 0. The van der Waals surface area contributed by atoms with Crippen LogP contribution in [0, 0.1) is 5.92 Å². The molecule has 0 N–H and O–H groups in total. The second-order valence-corrected chi connectivity index (χ2v) is 10.1. The average Bonchev–Trinajstić information content (AvgIpc) is 2.90. The van der Waals surface area contributed by atoms with Crippen LogP contribution in [-0.4, -0.2) is 49.7 Å². The van der Waals surface area contributed by atoms with Crippen molar-refractivity contribution in [2.75, 3.05) is 31.6 Å². The Morgan fingerprint density at radius 3 is 2.35 bits per heavy atom. The fourth-order valence-corrected chi connectivity index (χ4v) is 6.03. The van der Waals surface area contributed by atoms with Gasteiger partial charge >= 0.3 is 0 Å². The summed E-state index contributed by atoms with van der Waals surface area (Å²) in [7, 11) is 1.69. The second kappa shape index (κ2) is 10.8. The first kappa shape index (κ1) is 23.2. The number of carbonyl (C=O) groups excluding carboxylic acids is 1. The highest BCUT2D eigenvalue weighted by atomic mass is 16.5. The number of aryl methyl sites for hydroxylation is 1. The van der Waals surface area contributed by atoms with Crippen LogP contribution in [-0.2, 0) is 11.2 Å². The molecule has 0 spiro atoms. The molecule has 182 valence electrons. The molecule has 1 saturated carbocycles. The molecule has 5 rings (SSSR count). The average molecular weight is 463 g/mol. The van der Waals surface area contributed by atoms with Gasteiger partial charge in [0.15, 0.2) is 11.5 Å². The maximum absolute atomic E-state index is 13.8. The molecule has 34 heavy (non-hydrogen) atoms. The van der Waals surface area contributed by atoms with Gasteiger partial charge in [-0.15, -0.1) is 0 Å². The highest BCUT2D eigenvalue weighted by molar-refractivity contribution is 5.97. The molecule has 1 atom stereocenters. The molecule has 1 amide bonds. The number of carbonyl (C=O) groups is 1. The molecule has 0 aromatic heterocycles. The van der Waals surface area contributed by atoms with Crippen LogP contribution in [0.4, 0.5) is 5.69 Å². The highest BCUT2D eigenvalue weighted by Crippen LogP contribution is 2.36. The third-order valence-electron chi connectivity index (χ3n) is 7.92. The molecule has 3 aliphatic rings. The standard InChI is InChI=1S/C29H38N2O3/c1-33-27-13-7-8-14-28(27)34-25-17-19-30(20-18-25)21-24-16-15-22-9-5-6-12-26(22)31(24)29(32)23-10-3-2-4-11-23/h5-9,12-14,23-25H,2-4,10-11,15-21H2,1H3. The Bertz CT molecular complexity index is 963. The summed E-state index contributed by atoms with van der Waals surface area (Å²) < 4.78 is 11.7. The van der Waals surface area contributed by atoms with E-state index < -0.39 is 0 Å². The van der Waals surface area contributed by atoms with Gasteiger partial charge < -0.3 is 19.3 Å². The smallest absolute Gasteiger partial charge is 0.230 e. The van der Waals surface area contributed by atoms with Crippen molar-refractivity contribution in [1.82, 2.24) is 4.90 Å². The normalized spacial score (nSPS) is 22.3. The van der Waals surface area contributed by atoms with Crippen molar-refractivity contribution in [3.63, 3.8) is 0 Å². The molecule has 0 bridgehead atoms. The molecule has 5 nitrogen and oxygen atoms in total. The molecular weight excluding hydrogens is 424 g/mol. The molecule has 5 heteroatoms. The maximum Gasteiger partial charge on any atom is 0.230 e. The van der Waals surface area contributed by atoms with E-state index >= 15 is 0 Å². The molecular formula is C29H38N2O3. The summed E-state index contributed by atoms with van der Waals surface area (Å²) in [5.74, 6) is 2.19. The van der Waals surface area contributed by atoms with Gasteiger partial charge in [-0.2, -0.15) is 0 Å². The van der Waals surface area contributed by atoms with Crippen LogP contribution in [0.3, 0.4) is 0 Å². The van der Waals surface area contributed by atoms with Crippen molar-refractivity contribution >= 4 is 11.6 Å². The van der Waals surface area contributed by atoms with Crippen LogP contribution in [0.5, 0.6) is 11.5 Å². The lowest BCUT2D eigenvalue weighted by Crippen LogP contribution is -2.53. The first-order valence-corrected chi connectivity index (χ1v) is 13.2. The number of amides is 1. The van der Waals surface area contributed by atoms with E-state index in [4.69, 9.17) is 9.47 Å². The minimum Gasteiger partial charge on any atom is -0.493 e. The van der Waals surface area contributed by atoms with Gasteiger partial charge in [0.2, 0.25) is 5.91 Å².